The highest BCUT2D eigenvalue weighted by Crippen LogP contribution is 2.18. The Bertz CT molecular complexity index is 4660. The highest BCUT2D eigenvalue weighted by molar-refractivity contribution is 6.31. The van der Waals surface area contributed by atoms with Crippen LogP contribution in [0.1, 0.15) is 111 Å². The molecule has 5 heterocycles. The van der Waals surface area contributed by atoms with Gasteiger partial charge in [0.2, 0.25) is 11.8 Å². The molecule has 0 aliphatic carbocycles. The van der Waals surface area contributed by atoms with Gasteiger partial charge in [-0.2, -0.15) is 0 Å². The fourth-order valence-corrected chi connectivity index (χ4v) is 9.58. The molecule has 0 spiro atoms. The number of aromatic nitrogens is 5. The smallest absolute Gasteiger partial charge is 0.215 e. The molecule has 118 heavy (non-hydrogen) atoms. The SMILES string of the molecule is COc1ccc(C)cn1.COc1ccccc1C.COc1cncc(C)c1.COc1ncccc1C.Cc1cc(F)c(F)c(F)c1.Cc1ccc(C)c(C)c1.Cc1ccc(C)cc1.Cc1ccc(C)nc1.Cc1ccc(F)c(Cl)c1.Cc1cccc(C)c1.Cc1cccc(Cl)c1.Cc1ccccc1.Cc1ccccc1C.Cc1cccnc1. The van der Waals surface area contributed by atoms with Gasteiger partial charge in [-0.15, -0.1) is 0 Å². The molecule has 0 saturated carbocycles. The molecule has 0 bridgehead atoms. The molecule has 0 fully saturated rings. The fraction of sp³-hybridized carbons (Fsp3) is 0.233. The van der Waals surface area contributed by atoms with Crippen LogP contribution in [0.2, 0.25) is 10.0 Å². The topological polar surface area (TPSA) is 101 Å². The molecule has 5 aromatic heterocycles. The second-order valence-corrected chi connectivity index (χ2v) is 28.3. The van der Waals surface area contributed by atoms with Gasteiger partial charge in [0.25, 0.3) is 0 Å². The minimum Gasteiger partial charge on any atom is -0.496 e. The molecule has 0 unspecified atom stereocenters. The third kappa shape index (κ3) is 51.2. The maximum Gasteiger partial charge on any atom is 0.215 e. The number of pyridine rings is 5. The average Bonchev–Trinajstić information content (AvgIpc) is 0.864. The lowest BCUT2D eigenvalue weighted by molar-refractivity contribution is 0.394. The molecule has 0 saturated heterocycles. The van der Waals surface area contributed by atoms with E-state index in [1.807, 2.05) is 190 Å². The Kier molecular flexibility index (Phi) is 54.4. The van der Waals surface area contributed by atoms with Crippen LogP contribution in [0.4, 0.5) is 17.6 Å². The predicted octanol–water partition coefficient (Wildman–Crippen LogP) is 28.7. The molecular formula is C103H121Cl2F4N5O4. The van der Waals surface area contributed by atoms with Gasteiger partial charge >= 0.3 is 0 Å². The number of hydrogen-bond donors (Lipinski definition) is 0. The molecule has 0 aliphatic heterocycles. The van der Waals surface area contributed by atoms with Crippen LogP contribution < -0.4 is 18.9 Å². The maximum absolute atomic E-state index is 12.4. The van der Waals surface area contributed by atoms with Crippen molar-refractivity contribution in [3.05, 3.63) is 443 Å². The summed E-state index contributed by atoms with van der Waals surface area (Å²) in [5.41, 5.74) is 24.1. The molecule has 0 aliphatic rings. The van der Waals surface area contributed by atoms with Crippen LogP contribution in [0.5, 0.6) is 23.3 Å². The lowest BCUT2D eigenvalue weighted by Gasteiger charge is -2.00. The van der Waals surface area contributed by atoms with Crippen LogP contribution in [0.3, 0.4) is 0 Å². The van der Waals surface area contributed by atoms with Crippen molar-refractivity contribution in [2.75, 3.05) is 28.4 Å². The van der Waals surface area contributed by atoms with Crippen LogP contribution in [0.25, 0.3) is 0 Å². The second kappa shape index (κ2) is 61.6. The van der Waals surface area contributed by atoms with Gasteiger partial charge in [-0.25, -0.2) is 27.5 Å². The largest absolute Gasteiger partial charge is 0.496 e. The van der Waals surface area contributed by atoms with E-state index in [2.05, 4.69) is 203 Å². The molecule has 624 valence electrons. The summed E-state index contributed by atoms with van der Waals surface area (Å²) in [6.07, 6.45) is 12.4. The Hall–Kier alpha value is -11.8. The maximum atomic E-state index is 12.4. The van der Waals surface area contributed by atoms with Crippen LogP contribution in [0, 0.1) is 162 Å². The molecule has 14 aromatic rings. The van der Waals surface area contributed by atoms with Crippen LogP contribution in [-0.2, 0) is 0 Å². The van der Waals surface area contributed by atoms with Crippen LogP contribution in [0.15, 0.2) is 298 Å². The summed E-state index contributed by atoms with van der Waals surface area (Å²) in [6.45, 7) is 40.5. The number of methoxy groups -OCH3 is 4. The van der Waals surface area contributed by atoms with Gasteiger partial charge in [0.05, 0.1) is 39.7 Å². The summed E-state index contributed by atoms with van der Waals surface area (Å²) in [6, 6.07) is 81.9. The lowest BCUT2D eigenvalue weighted by Crippen LogP contribution is -1.90. The Balaban J connectivity index is 0.000000636. The Morgan fingerprint density at radius 3 is 1.04 bits per heavy atom. The molecule has 0 N–H and O–H groups in total. The highest BCUT2D eigenvalue weighted by Gasteiger charge is 2.08. The van der Waals surface area contributed by atoms with Crippen molar-refractivity contribution in [3.63, 3.8) is 0 Å². The van der Waals surface area contributed by atoms with E-state index in [0.717, 1.165) is 56.6 Å². The standard InChI is InChI=1S/C9H12.C8H10O.3C8H10.C7H6ClF.C7H7Cl.C7H5F3.3C7H9NO.C7H9N.C7H8.C6H7N/c1-7-4-5-8(2)9(3)6-7;1-7-5-3-4-6-8(7)9-2;1-7-3-5-8(2)6-4-7;1-7-4-3-5-8(2)6-7;1-7-5-3-4-6-8(7)2;1-5-2-3-7(9)6(8)4-5;1-6-3-2-4-7(8)5-6;1-4-2-5(8)7(10)6(9)3-4;1-6-3-7(9-2)5-8-4-6;1-6-3-4-7(9-2)8-5-6;1-6-4-3-5-8-7(6)9-2;1-6-3-4-7(2)8-5-6;1-7-5-3-2-4-6-7;1-6-3-2-4-7-5-6/h4-6H,1-3H3;3-6H,1-2H3;3*3-6H,1-2H3;2-4H,1H3;2-5H,1H3;2-3H,1H3;3*3-5H,1-2H3;3-5H,1-2H3;2-6H,1H3;2-5H,1H3. The molecular weight excluding hydrogens is 1520 g/mol. The molecule has 0 atom stereocenters. The van der Waals surface area contributed by atoms with E-state index in [-0.39, 0.29) is 10.8 Å². The van der Waals surface area contributed by atoms with Gasteiger partial charge in [-0.3, -0.25) is 15.0 Å². The number of rotatable bonds is 4. The van der Waals surface area contributed by atoms with E-state index in [0.29, 0.717) is 17.3 Å². The number of nitrogens with zero attached hydrogens (tertiary/aromatic N) is 5. The van der Waals surface area contributed by atoms with Gasteiger partial charge in [0.1, 0.15) is 17.3 Å². The summed E-state index contributed by atoms with van der Waals surface area (Å²) >= 11 is 11.1. The molecule has 0 amide bonds. The normalized spacial score (nSPS) is 9.27. The Morgan fingerprint density at radius 1 is 0.254 bits per heavy atom. The van der Waals surface area contributed by atoms with Crippen LogP contribution in [-0.4, -0.2) is 53.4 Å². The van der Waals surface area contributed by atoms with Crippen molar-refractivity contribution in [2.24, 2.45) is 0 Å². The summed E-state index contributed by atoms with van der Waals surface area (Å²) < 4.78 is 68.7. The number of halogens is 6. The van der Waals surface area contributed by atoms with Gasteiger partial charge in [0, 0.05) is 59.5 Å². The quantitative estimate of drug-likeness (QED) is 0.126. The number of hydrogen-bond acceptors (Lipinski definition) is 9. The van der Waals surface area contributed by atoms with E-state index in [9.17, 15) is 17.6 Å². The number of benzene rings is 9. The third-order valence-corrected chi connectivity index (χ3v) is 16.6. The first-order chi connectivity index (χ1) is 56.1. The Morgan fingerprint density at radius 2 is 0.695 bits per heavy atom. The van der Waals surface area contributed by atoms with Gasteiger partial charge in [0.15, 0.2) is 17.5 Å². The summed E-state index contributed by atoms with van der Waals surface area (Å²) in [7, 11) is 6.55. The van der Waals surface area contributed by atoms with Crippen molar-refractivity contribution >= 4 is 23.2 Å². The monoisotopic (exact) mass is 1640 g/mol. The van der Waals surface area contributed by atoms with Crippen molar-refractivity contribution < 1.29 is 36.5 Å². The fourth-order valence-electron chi connectivity index (χ4n) is 9.10. The van der Waals surface area contributed by atoms with E-state index >= 15 is 0 Å². The minimum absolute atomic E-state index is 0.190. The highest BCUT2D eigenvalue weighted by atomic mass is 35.5. The first kappa shape index (κ1) is 104. The molecule has 0 radical (unpaired) electrons. The summed E-state index contributed by atoms with van der Waals surface area (Å²) in [4.78, 5) is 19.8. The van der Waals surface area contributed by atoms with Gasteiger partial charge < -0.3 is 18.9 Å². The zero-order valence-corrected chi connectivity index (χ0v) is 74.9. The van der Waals surface area contributed by atoms with E-state index < -0.39 is 17.5 Å². The molecule has 15 heteroatoms. The summed E-state index contributed by atoms with van der Waals surface area (Å²) in [5, 5.41) is 1.00. The number of ether oxygens (including phenoxy) is 4. The Labute approximate surface area is 713 Å². The van der Waals surface area contributed by atoms with Crippen LogP contribution >= 0.6 is 23.2 Å². The van der Waals surface area contributed by atoms with E-state index in [1.54, 1.807) is 71.6 Å². The third-order valence-electron chi connectivity index (χ3n) is 16.1. The predicted molar refractivity (Wildman–Crippen MR) is 490 cm³/mol. The van der Waals surface area contributed by atoms with Crippen molar-refractivity contribution in [2.45, 2.75) is 138 Å². The van der Waals surface area contributed by atoms with Gasteiger partial charge in [-0.05, 0) is 272 Å². The molecule has 9 nitrogen and oxygen atoms in total. The zero-order chi connectivity index (χ0) is 88.3. The molecule has 14 rings (SSSR count). The number of para-hydroxylation sites is 1. The minimum atomic E-state index is -1.41. The zero-order valence-electron chi connectivity index (χ0n) is 73.4. The van der Waals surface area contributed by atoms with Gasteiger partial charge in [-0.1, -0.05) is 239 Å². The average molecular weight is 1640 g/mol. The van der Waals surface area contributed by atoms with Crippen molar-refractivity contribution in [1.82, 2.24) is 24.9 Å². The van der Waals surface area contributed by atoms with E-state index in [1.165, 1.54) is 90.9 Å². The first-order valence-electron chi connectivity index (χ1n) is 38.2. The first-order valence-corrected chi connectivity index (χ1v) is 39.0. The van der Waals surface area contributed by atoms with Crippen molar-refractivity contribution in [3.8, 4) is 23.3 Å². The second-order valence-electron chi connectivity index (χ2n) is 27.5. The molecule has 9 aromatic carbocycles. The number of aryl methyl sites for hydroxylation is 20. The lowest BCUT2D eigenvalue weighted by atomic mass is 10.1. The van der Waals surface area contributed by atoms with E-state index in [4.69, 9.17) is 42.1 Å². The summed E-state index contributed by atoms with van der Waals surface area (Å²) in [5.74, 6) is -0.909. The van der Waals surface area contributed by atoms with Crippen molar-refractivity contribution in [1.29, 1.82) is 0 Å².